The SMILES string of the molecule is CN1c2ccccc2C(=O)CC1c1ccc(O)cc1. The number of carbonyl (C=O) groups excluding carboxylic acids is 1. The molecule has 0 aliphatic carbocycles. The van der Waals surface area contributed by atoms with Gasteiger partial charge in [0.1, 0.15) is 5.75 Å². The van der Waals surface area contributed by atoms with Crippen LogP contribution in [0.5, 0.6) is 5.75 Å². The number of benzene rings is 2. The lowest BCUT2D eigenvalue weighted by molar-refractivity contribution is 0.0967. The van der Waals surface area contributed by atoms with E-state index >= 15 is 0 Å². The fraction of sp³-hybridized carbons (Fsp3) is 0.188. The molecule has 0 bridgehead atoms. The summed E-state index contributed by atoms with van der Waals surface area (Å²) < 4.78 is 0. The molecule has 1 aliphatic rings. The van der Waals surface area contributed by atoms with Gasteiger partial charge in [0.2, 0.25) is 0 Å². The second kappa shape index (κ2) is 4.43. The highest BCUT2D eigenvalue weighted by Crippen LogP contribution is 2.37. The monoisotopic (exact) mass is 253 g/mol. The number of hydrogen-bond acceptors (Lipinski definition) is 3. The average Bonchev–Trinajstić information content (AvgIpc) is 2.44. The smallest absolute Gasteiger partial charge is 0.167 e. The molecule has 0 radical (unpaired) electrons. The zero-order valence-electron chi connectivity index (χ0n) is 10.7. The van der Waals surface area contributed by atoms with Gasteiger partial charge in [0, 0.05) is 24.7 Å². The molecule has 1 heterocycles. The van der Waals surface area contributed by atoms with Crippen molar-refractivity contribution in [1.29, 1.82) is 0 Å². The van der Waals surface area contributed by atoms with E-state index in [2.05, 4.69) is 4.90 Å². The molecule has 3 heteroatoms. The van der Waals surface area contributed by atoms with E-state index in [-0.39, 0.29) is 17.6 Å². The van der Waals surface area contributed by atoms with Crippen molar-refractivity contribution in [1.82, 2.24) is 0 Å². The molecule has 1 unspecified atom stereocenters. The molecular weight excluding hydrogens is 238 g/mol. The van der Waals surface area contributed by atoms with Crippen molar-refractivity contribution in [3.8, 4) is 5.75 Å². The van der Waals surface area contributed by atoms with Crippen molar-refractivity contribution < 1.29 is 9.90 Å². The Kier molecular flexibility index (Phi) is 2.75. The number of carbonyl (C=O) groups is 1. The van der Waals surface area contributed by atoms with Gasteiger partial charge in [-0.25, -0.2) is 0 Å². The summed E-state index contributed by atoms with van der Waals surface area (Å²) in [5, 5.41) is 9.35. The molecule has 0 saturated heterocycles. The normalized spacial score (nSPS) is 18.3. The van der Waals surface area contributed by atoms with Crippen LogP contribution in [0.15, 0.2) is 48.5 Å². The predicted octanol–water partition coefficient (Wildman–Crippen LogP) is 3.16. The number of fused-ring (bicyclic) bond motifs is 1. The van der Waals surface area contributed by atoms with Crippen LogP contribution >= 0.6 is 0 Å². The van der Waals surface area contributed by atoms with Gasteiger partial charge < -0.3 is 10.0 Å². The Hall–Kier alpha value is -2.29. The number of aromatic hydroxyl groups is 1. The van der Waals surface area contributed by atoms with Crippen LogP contribution in [0.3, 0.4) is 0 Å². The van der Waals surface area contributed by atoms with Gasteiger partial charge in [-0.1, -0.05) is 24.3 Å². The van der Waals surface area contributed by atoms with Crippen LogP contribution in [0.25, 0.3) is 0 Å². The number of anilines is 1. The molecule has 1 N–H and O–H groups in total. The predicted molar refractivity (Wildman–Crippen MR) is 74.6 cm³/mol. The number of nitrogens with zero attached hydrogens (tertiary/aromatic N) is 1. The van der Waals surface area contributed by atoms with Gasteiger partial charge in [0.05, 0.1) is 6.04 Å². The molecule has 0 amide bonds. The van der Waals surface area contributed by atoms with E-state index in [0.29, 0.717) is 6.42 Å². The standard InChI is InChI=1S/C16H15NO2/c1-17-14-5-3-2-4-13(14)16(19)10-15(17)11-6-8-12(18)9-7-11/h2-9,15,18H,10H2,1H3. The van der Waals surface area contributed by atoms with Gasteiger partial charge in [-0.15, -0.1) is 0 Å². The third-order valence-electron chi connectivity index (χ3n) is 3.71. The topological polar surface area (TPSA) is 40.5 Å². The van der Waals surface area contributed by atoms with Crippen LogP contribution in [-0.2, 0) is 0 Å². The highest BCUT2D eigenvalue weighted by molar-refractivity contribution is 6.03. The Bertz CT molecular complexity index is 619. The Morgan fingerprint density at radius 3 is 2.53 bits per heavy atom. The molecular formula is C16H15NO2. The Labute approximate surface area is 112 Å². The van der Waals surface area contributed by atoms with E-state index in [1.54, 1.807) is 12.1 Å². The lowest BCUT2D eigenvalue weighted by Crippen LogP contribution is -2.32. The number of ketones is 1. The minimum absolute atomic E-state index is 0.0306. The number of phenols is 1. The number of rotatable bonds is 1. The molecule has 3 rings (SSSR count). The van der Waals surface area contributed by atoms with Crippen LogP contribution in [-0.4, -0.2) is 17.9 Å². The fourth-order valence-electron chi connectivity index (χ4n) is 2.65. The number of hydrogen-bond donors (Lipinski definition) is 1. The highest BCUT2D eigenvalue weighted by atomic mass is 16.3. The van der Waals surface area contributed by atoms with E-state index in [1.807, 2.05) is 43.4 Å². The van der Waals surface area contributed by atoms with Crippen LogP contribution in [0.4, 0.5) is 5.69 Å². The first-order chi connectivity index (χ1) is 9.16. The Balaban J connectivity index is 2.02. The molecule has 0 fully saturated rings. The van der Waals surface area contributed by atoms with Crippen molar-refractivity contribution in [3.63, 3.8) is 0 Å². The minimum atomic E-state index is 0.0306. The van der Waals surface area contributed by atoms with Crippen molar-refractivity contribution in [2.45, 2.75) is 12.5 Å². The summed E-state index contributed by atoms with van der Waals surface area (Å²) in [6, 6.07) is 14.8. The van der Waals surface area contributed by atoms with Crippen molar-refractivity contribution >= 4 is 11.5 Å². The summed E-state index contributed by atoms with van der Waals surface area (Å²) in [6.07, 6.45) is 0.471. The third kappa shape index (κ3) is 1.97. The third-order valence-corrected chi connectivity index (χ3v) is 3.71. The average molecular weight is 253 g/mol. The van der Waals surface area contributed by atoms with E-state index < -0.39 is 0 Å². The Morgan fingerprint density at radius 2 is 1.79 bits per heavy atom. The van der Waals surface area contributed by atoms with Crippen LogP contribution in [0.1, 0.15) is 28.4 Å². The Morgan fingerprint density at radius 1 is 1.11 bits per heavy atom. The van der Waals surface area contributed by atoms with Gasteiger partial charge in [-0.3, -0.25) is 4.79 Å². The molecule has 2 aromatic rings. The molecule has 19 heavy (non-hydrogen) atoms. The van der Waals surface area contributed by atoms with Gasteiger partial charge in [-0.05, 0) is 29.8 Å². The molecule has 96 valence electrons. The number of phenolic OH excluding ortho intramolecular Hbond substituents is 1. The largest absolute Gasteiger partial charge is 0.508 e. The highest BCUT2D eigenvalue weighted by Gasteiger charge is 2.29. The molecule has 2 aromatic carbocycles. The molecule has 1 atom stereocenters. The molecule has 3 nitrogen and oxygen atoms in total. The maximum Gasteiger partial charge on any atom is 0.167 e. The first kappa shape index (κ1) is 11.8. The van der Waals surface area contributed by atoms with E-state index in [4.69, 9.17) is 0 Å². The minimum Gasteiger partial charge on any atom is -0.508 e. The van der Waals surface area contributed by atoms with Gasteiger partial charge in [0.15, 0.2) is 5.78 Å². The molecule has 0 spiro atoms. The summed E-state index contributed by atoms with van der Waals surface area (Å²) >= 11 is 0. The fourth-order valence-corrected chi connectivity index (χ4v) is 2.65. The molecule has 1 aliphatic heterocycles. The number of Topliss-reactive ketones (excluding diaryl/α,β-unsaturated/α-hetero) is 1. The van der Waals surface area contributed by atoms with E-state index in [0.717, 1.165) is 16.8 Å². The maximum absolute atomic E-state index is 12.2. The zero-order valence-corrected chi connectivity index (χ0v) is 10.7. The van der Waals surface area contributed by atoms with Crippen molar-refractivity contribution in [3.05, 3.63) is 59.7 Å². The second-order valence-corrected chi connectivity index (χ2v) is 4.86. The summed E-state index contributed by atoms with van der Waals surface area (Å²) in [6.45, 7) is 0. The number of para-hydroxylation sites is 1. The van der Waals surface area contributed by atoms with Crippen LogP contribution in [0, 0.1) is 0 Å². The maximum atomic E-state index is 12.2. The summed E-state index contributed by atoms with van der Waals surface area (Å²) in [5.41, 5.74) is 2.81. The zero-order chi connectivity index (χ0) is 13.4. The summed E-state index contributed by atoms with van der Waals surface area (Å²) in [7, 11) is 2.00. The van der Waals surface area contributed by atoms with E-state index in [1.165, 1.54) is 0 Å². The lowest BCUT2D eigenvalue weighted by Gasteiger charge is -2.35. The van der Waals surface area contributed by atoms with Crippen molar-refractivity contribution in [2.24, 2.45) is 0 Å². The lowest BCUT2D eigenvalue weighted by atomic mass is 9.91. The van der Waals surface area contributed by atoms with Gasteiger partial charge in [-0.2, -0.15) is 0 Å². The van der Waals surface area contributed by atoms with Gasteiger partial charge >= 0.3 is 0 Å². The summed E-state index contributed by atoms with van der Waals surface area (Å²) in [5.74, 6) is 0.417. The first-order valence-electron chi connectivity index (χ1n) is 6.31. The van der Waals surface area contributed by atoms with Crippen LogP contribution < -0.4 is 4.90 Å². The molecule has 0 saturated carbocycles. The second-order valence-electron chi connectivity index (χ2n) is 4.86. The van der Waals surface area contributed by atoms with Crippen molar-refractivity contribution in [2.75, 3.05) is 11.9 Å². The van der Waals surface area contributed by atoms with E-state index in [9.17, 15) is 9.90 Å². The summed E-state index contributed by atoms with van der Waals surface area (Å²) in [4.78, 5) is 14.3. The molecule has 0 aromatic heterocycles. The quantitative estimate of drug-likeness (QED) is 0.848. The van der Waals surface area contributed by atoms with Crippen LogP contribution in [0.2, 0.25) is 0 Å². The van der Waals surface area contributed by atoms with Gasteiger partial charge in [0.25, 0.3) is 0 Å². The first-order valence-corrected chi connectivity index (χ1v) is 6.31.